The van der Waals surface area contributed by atoms with Gasteiger partial charge in [-0.15, -0.1) is 0 Å². The Morgan fingerprint density at radius 1 is 0.959 bits per heavy atom. The molecule has 5 atom stereocenters. The van der Waals surface area contributed by atoms with E-state index in [1.165, 1.54) is 13.0 Å². The van der Waals surface area contributed by atoms with Gasteiger partial charge < -0.3 is 35.8 Å². The summed E-state index contributed by atoms with van der Waals surface area (Å²) in [6, 6.07) is 7.23. The lowest BCUT2D eigenvalue weighted by Gasteiger charge is -2.28. The Morgan fingerprint density at radius 2 is 1.67 bits per heavy atom. The van der Waals surface area contributed by atoms with E-state index in [2.05, 4.69) is 31.7 Å². The van der Waals surface area contributed by atoms with Crippen LogP contribution in [0.3, 0.4) is 0 Å². The second-order valence-corrected chi connectivity index (χ2v) is 13.3. The van der Waals surface area contributed by atoms with Crippen LogP contribution in [-0.2, 0) is 35.3 Å². The summed E-state index contributed by atoms with van der Waals surface area (Å²) in [5.74, 6) is -2.97. The van der Waals surface area contributed by atoms with Gasteiger partial charge in [0.1, 0.15) is 30.5 Å². The number of nitrogens with zero attached hydrogens (tertiary/aromatic N) is 1. The predicted molar refractivity (Wildman–Crippen MR) is 179 cm³/mol. The summed E-state index contributed by atoms with van der Waals surface area (Å²) in [6.07, 6.45) is 1.51. The number of hydrogen-bond acceptors (Lipinski definition) is 9. The molecule has 5 amide bonds. The number of amides is 5. The molecule has 14 nitrogen and oxygen atoms in total. The Labute approximate surface area is 287 Å². The van der Waals surface area contributed by atoms with E-state index in [-0.39, 0.29) is 48.8 Å². The molecule has 1 aromatic heterocycles. The van der Waals surface area contributed by atoms with Crippen LogP contribution in [0, 0.1) is 24.7 Å². The molecule has 49 heavy (non-hydrogen) atoms. The maximum absolute atomic E-state index is 13.7. The van der Waals surface area contributed by atoms with Gasteiger partial charge in [-0.1, -0.05) is 63.2 Å². The van der Waals surface area contributed by atoms with Gasteiger partial charge in [-0.2, -0.15) is 0 Å². The molecule has 0 bridgehead atoms. The van der Waals surface area contributed by atoms with E-state index in [4.69, 9.17) is 9.26 Å². The Balaban J connectivity index is 1.65. The smallest absolute Gasteiger partial charge is 0.306 e. The lowest BCUT2D eigenvalue weighted by Crippen LogP contribution is -2.58. The summed E-state index contributed by atoms with van der Waals surface area (Å²) < 4.78 is 10.3. The number of carbonyl (C=O) groups excluding carboxylic acids is 6. The molecular formula is C35H50N6O8. The van der Waals surface area contributed by atoms with Gasteiger partial charge in [0.15, 0.2) is 5.69 Å². The zero-order chi connectivity index (χ0) is 36.1. The number of hydrogen-bond donors (Lipinski definition) is 5. The quantitative estimate of drug-likeness (QED) is 0.147. The van der Waals surface area contributed by atoms with Gasteiger partial charge in [0, 0.05) is 31.0 Å². The Morgan fingerprint density at radius 3 is 2.27 bits per heavy atom. The highest BCUT2D eigenvalue weighted by Crippen LogP contribution is 2.20. The maximum Gasteiger partial charge on any atom is 0.306 e. The van der Waals surface area contributed by atoms with Crippen LogP contribution >= 0.6 is 0 Å². The zero-order valence-corrected chi connectivity index (χ0v) is 29.2. The number of ether oxygens (including phenoxy) is 1. The molecule has 268 valence electrons. The van der Waals surface area contributed by atoms with Gasteiger partial charge in [-0.3, -0.25) is 28.8 Å². The van der Waals surface area contributed by atoms with Crippen molar-refractivity contribution in [1.29, 1.82) is 0 Å². The van der Waals surface area contributed by atoms with Crippen LogP contribution in [0.1, 0.15) is 88.5 Å². The van der Waals surface area contributed by atoms with Crippen LogP contribution in [0.5, 0.6) is 0 Å². The van der Waals surface area contributed by atoms with E-state index in [1.807, 2.05) is 44.2 Å². The normalized spacial score (nSPS) is 16.7. The third-order valence-electron chi connectivity index (χ3n) is 8.21. The zero-order valence-electron chi connectivity index (χ0n) is 29.2. The van der Waals surface area contributed by atoms with Crippen LogP contribution in [0.25, 0.3) is 0 Å². The molecule has 1 saturated heterocycles. The van der Waals surface area contributed by atoms with Gasteiger partial charge in [0.05, 0.1) is 0 Å². The minimum atomic E-state index is -1.01. The molecule has 2 aromatic rings. The van der Waals surface area contributed by atoms with Gasteiger partial charge in [-0.25, -0.2) is 0 Å². The first kappa shape index (κ1) is 38.7. The summed E-state index contributed by atoms with van der Waals surface area (Å²) in [6.45, 7) is 11.1. The predicted octanol–water partition coefficient (Wildman–Crippen LogP) is 2.31. The molecular weight excluding hydrogens is 632 g/mol. The van der Waals surface area contributed by atoms with Crippen LogP contribution in [0.2, 0.25) is 0 Å². The Bertz CT molecular complexity index is 1440. The van der Waals surface area contributed by atoms with Gasteiger partial charge >= 0.3 is 5.97 Å². The van der Waals surface area contributed by atoms with Crippen molar-refractivity contribution in [3.63, 3.8) is 0 Å². The molecule has 1 aliphatic rings. The first-order chi connectivity index (χ1) is 23.2. The first-order valence-corrected chi connectivity index (χ1v) is 16.9. The highest BCUT2D eigenvalue weighted by atomic mass is 16.5. The van der Waals surface area contributed by atoms with Crippen LogP contribution in [-0.4, -0.2) is 71.4 Å². The monoisotopic (exact) mass is 682 g/mol. The molecule has 0 saturated carbocycles. The number of benzene rings is 1. The van der Waals surface area contributed by atoms with Crippen molar-refractivity contribution in [2.24, 2.45) is 17.8 Å². The van der Waals surface area contributed by atoms with E-state index in [0.717, 1.165) is 5.56 Å². The molecule has 14 heteroatoms. The van der Waals surface area contributed by atoms with E-state index < -0.39 is 53.8 Å². The van der Waals surface area contributed by atoms with Gasteiger partial charge in [-0.05, 0) is 56.9 Å². The van der Waals surface area contributed by atoms with Gasteiger partial charge in [0.25, 0.3) is 5.91 Å². The fourth-order valence-electron chi connectivity index (χ4n) is 5.45. The van der Waals surface area contributed by atoms with Crippen molar-refractivity contribution in [2.75, 3.05) is 6.54 Å². The fourth-order valence-corrected chi connectivity index (χ4v) is 5.45. The Kier molecular flexibility index (Phi) is 14.8. The summed E-state index contributed by atoms with van der Waals surface area (Å²) in [5.41, 5.74) is 0.876. The number of aryl methyl sites for hydroxylation is 1. The molecule has 5 N–H and O–H groups in total. The van der Waals surface area contributed by atoms with E-state index in [1.54, 1.807) is 20.8 Å². The topological polar surface area (TPSA) is 198 Å². The summed E-state index contributed by atoms with van der Waals surface area (Å²) in [5, 5.41) is 17.5. The molecule has 0 aliphatic carbocycles. The second kappa shape index (κ2) is 18.7. The van der Waals surface area contributed by atoms with Crippen molar-refractivity contribution < 1.29 is 38.0 Å². The van der Waals surface area contributed by atoms with Crippen LogP contribution in [0.4, 0.5) is 0 Å². The first-order valence-electron chi connectivity index (χ1n) is 16.9. The molecule has 0 spiro atoms. The molecule has 1 aliphatic heterocycles. The van der Waals surface area contributed by atoms with E-state index in [9.17, 15) is 28.8 Å². The largest absolute Gasteiger partial charge is 0.461 e. The number of esters is 1. The second-order valence-electron chi connectivity index (χ2n) is 13.3. The van der Waals surface area contributed by atoms with Crippen molar-refractivity contribution in [2.45, 2.75) is 104 Å². The van der Waals surface area contributed by atoms with Gasteiger partial charge in [0.2, 0.25) is 23.6 Å². The highest BCUT2D eigenvalue weighted by molar-refractivity contribution is 5.97. The number of aromatic nitrogens is 1. The Hall–Kier alpha value is -4.75. The number of rotatable bonds is 18. The third-order valence-corrected chi connectivity index (χ3v) is 8.21. The van der Waals surface area contributed by atoms with Crippen molar-refractivity contribution in [3.05, 3.63) is 53.4 Å². The molecule has 1 fully saturated rings. The average molecular weight is 683 g/mol. The average Bonchev–Trinajstić information content (AvgIpc) is 3.68. The number of nitrogens with one attached hydrogen (secondary N) is 5. The molecule has 3 rings (SSSR count). The van der Waals surface area contributed by atoms with Crippen molar-refractivity contribution in [3.8, 4) is 0 Å². The molecule has 0 radical (unpaired) electrons. The van der Waals surface area contributed by atoms with Crippen molar-refractivity contribution >= 4 is 35.5 Å². The highest BCUT2D eigenvalue weighted by Gasteiger charge is 2.33. The minimum absolute atomic E-state index is 0.0190. The summed E-state index contributed by atoms with van der Waals surface area (Å²) >= 11 is 0. The fraction of sp³-hybridized carbons (Fsp3) is 0.571. The molecule has 2 heterocycles. The van der Waals surface area contributed by atoms with Crippen LogP contribution < -0.4 is 26.6 Å². The maximum atomic E-state index is 13.7. The SMILES string of the molecule is Cc1cc(C(=O)N[C@@H](C)C(=O)N[C@H](C(=O)N[C@@H](CC(C)C)C(=O)N[C@H](CCC(=O)OCc2ccccc2)CC2CCNC2=O)C(C)C)no1. The van der Waals surface area contributed by atoms with Crippen LogP contribution in [0.15, 0.2) is 40.9 Å². The third kappa shape index (κ3) is 12.7. The lowest BCUT2D eigenvalue weighted by atomic mass is 9.94. The lowest BCUT2D eigenvalue weighted by molar-refractivity contribution is -0.145. The van der Waals surface area contributed by atoms with E-state index >= 15 is 0 Å². The summed E-state index contributed by atoms with van der Waals surface area (Å²) in [7, 11) is 0. The number of carbonyl (C=O) groups is 6. The van der Waals surface area contributed by atoms with E-state index in [0.29, 0.717) is 31.6 Å². The molecule has 1 unspecified atom stereocenters. The van der Waals surface area contributed by atoms with Crippen molar-refractivity contribution in [1.82, 2.24) is 31.7 Å². The minimum Gasteiger partial charge on any atom is -0.461 e. The molecule has 1 aromatic carbocycles. The summed E-state index contributed by atoms with van der Waals surface area (Å²) in [4.78, 5) is 77.8. The standard InChI is InChI=1S/C35H50N6O8/c1-20(2)16-27(39-35(47)30(21(3)4)40-31(43)23(6)37-34(46)28-17-22(5)49-41-28)33(45)38-26(18-25-14-15-36-32(25)44)12-13-29(42)48-19-24-10-8-7-9-11-24/h7-11,17,20-21,23,25-27,30H,12-16,18-19H2,1-6H3,(H,36,44)(H,37,46)(H,38,45)(H,39,47)(H,40,43)/t23-,25?,26+,27-,30-/m0/s1.